The van der Waals surface area contributed by atoms with Crippen LogP contribution in [0.2, 0.25) is 0 Å². The summed E-state index contributed by atoms with van der Waals surface area (Å²) in [4.78, 5) is 23.6. The van der Waals surface area contributed by atoms with Gasteiger partial charge in [0.1, 0.15) is 22.2 Å². The zero-order chi connectivity index (χ0) is 17.5. The molecule has 0 atom stereocenters. The second kappa shape index (κ2) is 8.75. The lowest BCUT2D eigenvalue weighted by atomic mass is 10.3. The SMILES string of the molecule is Cc1ccc(OCc2nc(C)c(C(=O)NCCCN(C)C)s2)cn1. The van der Waals surface area contributed by atoms with Gasteiger partial charge < -0.3 is 15.0 Å². The van der Waals surface area contributed by atoms with E-state index in [9.17, 15) is 4.79 Å². The molecule has 1 amide bonds. The number of hydrogen-bond donors (Lipinski definition) is 1. The maximum absolute atomic E-state index is 12.2. The quantitative estimate of drug-likeness (QED) is 0.742. The fourth-order valence-electron chi connectivity index (χ4n) is 2.09. The molecule has 1 N–H and O–H groups in total. The normalized spacial score (nSPS) is 10.9. The lowest BCUT2D eigenvalue weighted by Crippen LogP contribution is -2.26. The molecule has 0 aliphatic carbocycles. The van der Waals surface area contributed by atoms with Crippen molar-refractivity contribution in [2.45, 2.75) is 26.9 Å². The smallest absolute Gasteiger partial charge is 0.263 e. The second-order valence-electron chi connectivity index (χ2n) is 5.86. The monoisotopic (exact) mass is 348 g/mol. The van der Waals surface area contributed by atoms with Crippen molar-refractivity contribution in [3.63, 3.8) is 0 Å². The number of amides is 1. The molecule has 6 nitrogen and oxygen atoms in total. The topological polar surface area (TPSA) is 67.3 Å². The van der Waals surface area contributed by atoms with Crippen molar-refractivity contribution in [1.82, 2.24) is 20.2 Å². The van der Waals surface area contributed by atoms with Crippen LogP contribution in [-0.4, -0.2) is 48.0 Å². The lowest BCUT2D eigenvalue weighted by Gasteiger charge is -2.09. The van der Waals surface area contributed by atoms with E-state index in [1.807, 2.05) is 40.1 Å². The third kappa shape index (κ3) is 5.58. The van der Waals surface area contributed by atoms with Crippen molar-refractivity contribution in [2.75, 3.05) is 27.2 Å². The highest BCUT2D eigenvalue weighted by atomic mass is 32.1. The molecule has 7 heteroatoms. The van der Waals surface area contributed by atoms with Gasteiger partial charge in [0.25, 0.3) is 5.91 Å². The summed E-state index contributed by atoms with van der Waals surface area (Å²) in [6.45, 7) is 5.73. The molecular weight excluding hydrogens is 324 g/mol. The number of carbonyl (C=O) groups excluding carboxylic acids is 1. The van der Waals surface area contributed by atoms with Gasteiger partial charge in [-0.25, -0.2) is 4.98 Å². The Morgan fingerprint density at radius 1 is 1.33 bits per heavy atom. The largest absolute Gasteiger partial charge is 0.485 e. The fourth-order valence-corrected chi connectivity index (χ4v) is 2.98. The van der Waals surface area contributed by atoms with Gasteiger partial charge in [0.15, 0.2) is 0 Å². The Labute approximate surface area is 146 Å². The number of carbonyl (C=O) groups is 1. The van der Waals surface area contributed by atoms with E-state index in [0.717, 1.165) is 29.4 Å². The Morgan fingerprint density at radius 2 is 2.12 bits per heavy atom. The molecule has 0 aliphatic rings. The molecule has 2 aromatic heterocycles. The Morgan fingerprint density at radius 3 is 2.79 bits per heavy atom. The molecule has 0 saturated carbocycles. The van der Waals surface area contributed by atoms with Crippen LogP contribution >= 0.6 is 11.3 Å². The van der Waals surface area contributed by atoms with Crippen LogP contribution in [0, 0.1) is 13.8 Å². The van der Waals surface area contributed by atoms with E-state index in [1.165, 1.54) is 11.3 Å². The van der Waals surface area contributed by atoms with Crippen LogP contribution in [0.4, 0.5) is 0 Å². The van der Waals surface area contributed by atoms with E-state index in [-0.39, 0.29) is 5.91 Å². The van der Waals surface area contributed by atoms with Crippen LogP contribution in [0.1, 0.15) is 32.5 Å². The number of thiazole rings is 1. The third-order valence-corrected chi connectivity index (χ3v) is 4.49. The minimum Gasteiger partial charge on any atom is -0.485 e. The standard InChI is InChI=1S/C17H24N4O2S/c1-12-6-7-14(10-19-12)23-11-15-20-13(2)16(24-15)17(22)18-8-5-9-21(3)4/h6-7,10H,5,8-9,11H2,1-4H3,(H,18,22). The Hall–Kier alpha value is -1.99. The number of nitrogens with zero attached hydrogens (tertiary/aromatic N) is 3. The number of pyridine rings is 1. The van der Waals surface area contributed by atoms with Gasteiger partial charge in [0.2, 0.25) is 0 Å². The predicted octanol–water partition coefficient (Wildman–Crippen LogP) is 2.42. The molecule has 24 heavy (non-hydrogen) atoms. The van der Waals surface area contributed by atoms with Crippen LogP contribution in [-0.2, 0) is 6.61 Å². The second-order valence-corrected chi connectivity index (χ2v) is 6.94. The molecule has 0 spiro atoms. The van der Waals surface area contributed by atoms with Crippen LogP contribution in [0.3, 0.4) is 0 Å². The highest BCUT2D eigenvalue weighted by Crippen LogP contribution is 2.20. The van der Waals surface area contributed by atoms with E-state index in [0.29, 0.717) is 23.8 Å². The third-order valence-electron chi connectivity index (χ3n) is 3.36. The van der Waals surface area contributed by atoms with Gasteiger partial charge in [-0.15, -0.1) is 11.3 Å². The van der Waals surface area contributed by atoms with Crippen molar-refractivity contribution < 1.29 is 9.53 Å². The summed E-state index contributed by atoms with van der Waals surface area (Å²) in [5, 5.41) is 3.73. The molecule has 0 radical (unpaired) electrons. The zero-order valence-electron chi connectivity index (χ0n) is 14.6. The average Bonchev–Trinajstić information content (AvgIpc) is 2.92. The van der Waals surface area contributed by atoms with Crippen molar-refractivity contribution in [3.05, 3.63) is 39.6 Å². The highest BCUT2D eigenvalue weighted by Gasteiger charge is 2.15. The molecule has 0 aromatic carbocycles. The van der Waals surface area contributed by atoms with Gasteiger partial charge in [-0.3, -0.25) is 9.78 Å². The van der Waals surface area contributed by atoms with Crippen molar-refractivity contribution in [1.29, 1.82) is 0 Å². The zero-order valence-corrected chi connectivity index (χ0v) is 15.4. The first-order valence-corrected chi connectivity index (χ1v) is 8.72. The number of ether oxygens (including phenoxy) is 1. The molecule has 0 unspecified atom stereocenters. The molecule has 2 rings (SSSR count). The first kappa shape index (κ1) is 18.4. The molecule has 2 aromatic rings. The minimum absolute atomic E-state index is 0.0630. The molecular formula is C17H24N4O2S. The predicted molar refractivity (Wildman–Crippen MR) is 95.7 cm³/mol. The molecule has 0 aliphatic heterocycles. The molecule has 0 fully saturated rings. The lowest BCUT2D eigenvalue weighted by molar-refractivity contribution is 0.0955. The van der Waals surface area contributed by atoms with Gasteiger partial charge in [-0.1, -0.05) is 0 Å². The number of rotatable bonds is 8. The summed E-state index contributed by atoms with van der Waals surface area (Å²) >= 11 is 1.38. The summed E-state index contributed by atoms with van der Waals surface area (Å²) in [6.07, 6.45) is 2.61. The first-order valence-electron chi connectivity index (χ1n) is 7.90. The number of aromatic nitrogens is 2. The van der Waals surface area contributed by atoms with Crippen molar-refractivity contribution in [2.24, 2.45) is 0 Å². The number of hydrogen-bond acceptors (Lipinski definition) is 6. The van der Waals surface area contributed by atoms with Gasteiger partial charge in [0.05, 0.1) is 11.9 Å². The number of aryl methyl sites for hydroxylation is 2. The molecule has 2 heterocycles. The van der Waals surface area contributed by atoms with Crippen LogP contribution in [0.15, 0.2) is 18.3 Å². The Balaban J connectivity index is 1.87. The van der Waals surface area contributed by atoms with Crippen molar-refractivity contribution >= 4 is 17.2 Å². The van der Waals surface area contributed by atoms with Gasteiger partial charge in [0, 0.05) is 12.2 Å². The maximum atomic E-state index is 12.2. The van der Waals surface area contributed by atoms with E-state index in [1.54, 1.807) is 6.20 Å². The van der Waals surface area contributed by atoms with Crippen LogP contribution < -0.4 is 10.1 Å². The first-order chi connectivity index (χ1) is 11.5. The number of nitrogens with one attached hydrogen (secondary N) is 1. The molecule has 130 valence electrons. The molecule has 0 bridgehead atoms. The van der Waals surface area contributed by atoms with Crippen molar-refractivity contribution in [3.8, 4) is 5.75 Å². The van der Waals surface area contributed by atoms with E-state index >= 15 is 0 Å². The Bertz CT molecular complexity index is 668. The minimum atomic E-state index is -0.0630. The summed E-state index contributed by atoms with van der Waals surface area (Å²) in [7, 11) is 4.04. The Kier molecular flexibility index (Phi) is 6.69. The van der Waals surface area contributed by atoms with E-state index in [2.05, 4.69) is 20.2 Å². The van der Waals surface area contributed by atoms with Gasteiger partial charge >= 0.3 is 0 Å². The van der Waals surface area contributed by atoms with E-state index in [4.69, 9.17) is 4.74 Å². The van der Waals surface area contributed by atoms with Gasteiger partial charge in [-0.2, -0.15) is 0 Å². The van der Waals surface area contributed by atoms with Crippen LogP contribution in [0.5, 0.6) is 5.75 Å². The summed E-state index contributed by atoms with van der Waals surface area (Å²) in [6, 6.07) is 3.77. The average molecular weight is 348 g/mol. The van der Waals surface area contributed by atoms with Gasteiger partial charge in [-0.05, 0) is 53.0 Å². The molecule has 0 saturated heterocycles. The van der Waals surface area contributed by atoms with E-state index < -0.39 is 0 Å². The van der Waals surface area contributed by atoms with Crippen LogP contribution in [0.25, 0.3) is 0 Å². The highest BCUT2D eigenvalue weighted by molar-refractivity contribution is 7.13. The summed E-state index contributed by atoms with van der Waals surface area (Å²) in [5.74, 6) is 0.634. The fraction of sp³-hybridized carbons (Fsp3) is 0.471. The summed E-state index contributed by atoms with van der Waals surface area (Å²) < 4.78 is 5.67. The summed E-state index contributed by atoms with van der Waals surface area (Å²) in [5.41, 5.74) is 1.69. The maximum Gasteiger partial charge on any atom is 0.263 e.